The van der Waals surface area contributed by atoms with Gasteiger partial charge in [0.1, 0.15) is 0 Å². The minimum atomic E-state index is -0.0895. The number of anilines is 1. The third-order valence-electron chi connectivity index (χ3n) is 5.43. The van der Waals surface area contributed by atoms with Gasteiger partial charge in [0.15, 0.2) is 5.13 Å². The summed E-state index contributed by atoms with van der Waals surface area (Å²) >= 11 is 13.7. The van der Waals surface area contributed by atoms with Gasteiger partial charge in [-0.15, -0.1) is 11.3 Å². The van der Waals surface area contributed by atoms with E-state index in [1.165, 1.54) is 4.88 Å². The number of thiazole rings is 1. The maximum atomic E-state index is 12.7. The second-order valence-corrected chi connectivity index (χ2v) is 9.29. The van der Waals surface area contributed by atoms with Crippen molar-refractivity contribution in [2.24, 2.45) is 0 Å². The van der Waals surface area contributed by atoms with E-state index in [4.69, 9.17) is 23.2 Å². The first-order valence-corrected chi connectivity index (χ1v) is 11.4. The van der Waals surface area contributed by atoms with Crippen LogP contribution in [0.3, 0.4) is 0 Å². The van der Waals surface area contributed by atoms with Crippen LogP contribution >= 0.6 is 34.5 Å². The van der Waals surface area contributed by atoms with Gasteiger partial charge >= 0.3 is 0 Å². The molecule has 9 heteroatoms. The Hall–Kier alpha value is -1.93. The topological polar surface area (TPSA) is 63.1 Å². The highest BCUT2D eigenvalue weighted by atomic mass is 35.5. The van der Waals surface area contributed by atoms with Crippen molar-refractivity contribution in [1.29, 1.82) is 0 Å². The van der Waals surface area contributed by atoms with Crippen molar-refractivity contribution in [3.63, 3.8) is 0 Å². The van der Waals surface area contributed by atoms with Gasteiger partial charge in [0, 0.05) is 35.6 Å². The zero-order valence-electron chi connectivity index (χ0n) is 17.1. The largest absolute Gasteiger partial charge is 0.302 e. The van der Waals surface area contributed by atoms with E-state index < -0.39 is 0 Å². The molecule has 0 spiro atoms. The summed E-state index contributed by atoms with van der Waals surface area (Å²) < 4.78 is 1.79. The summed E-state index contributed by atoms with van der Waals surface area (Å²) in [6.45, 7) is 8.98. The Morgan fingerprint density at radius 2 is 2.07 bits per heavy atom. The second-order valence-electron chi connectivity index (χ2n) is 7.39. The van der Waals surface area contributed by atoms with Crippen LogP contribution in [0.4, 0.5) is 5.13 Å². The summed E-state index contributed by atoms with van der Waals surface area (Å²) in [7, 11) is 0. The summed E-state index contributed by atoms with van der Waals surface area (Å²) in [6.07, 6.45) is 1.18. The Kier molecular flexibility index (Phi) is 6.16. The van der Waals surface area contributed by atoms with Gasteiger partial charge in [-0.05, 0) is 38.6 Å². The summed E-state index contributed by atoms with van der Waals surface area (Å²) in [5.74, 6) is -0.0895. The number of aromatic nitrogens is 3. The van der Waals surface area contributed by atoms with Gasteiger partial charge in [0.25, 0.3) is 0 Å². The number of nitrogens with one attached hydrogen (secondary N) is 1. The SMILES string of the molecule is CCN1CCc2nc(NC(=O)Cc3c(C)nn(-c4ccc(Cl)c(Cl)c4)c3C)sc2C1. The van der Waals surface area contributed by atoms with Crippen LogP contribution in [-0.2, 0) is 24.2 Å². The molecule has 3 heterocycles. The average Bonchev–Trinajstić information content (AvgIpc) is 3.24. The quantitative estimate of drug-likeness (QED) is 0.589. The minimum Gasteiger partial charge on any atom is -0.302 e. The Morgan fingerprint density at radius 1 is 1.27 bits per heavy atom. The highest BCUT2D eigenvalue weighted by Crippen LogP contribution is 2.29. The molecule has 0 saturated heterocycles. The Labute approximate surface area is 189 Å². The van der Waals surface area contributed by atoms with Crippen molar-refractivity contribution >= 4 is 45.6 Å². The van der Waals surface area contributed by atoms with E-state index in [1.54, 1.807) is 28.2 Å². The standard InChI is InChI=1S/C21H23Cl2N5OS/c1-4-27-8-7-18-19(11-27)30-21(24-18)25-20(29)10-15-12(2)26-28(13(15)3)14-5-6-16(22)17(23)9-14/h5-6,9H,4,7-8,10-11H2,1-3H3,(H,24,25,29). The van der Waals surface area contributed by atoms with Crippen molar-refractivity contribution in [2.45, 2.75) is 40.2 Å². The highest BCUT2D eigenvalue weighted by molar-refractivity contribution is 7.15. The second kappa shape index (κ2) is 8.67. The van der Waals surface area contributed by atoms with Crippen LogP contribution in [0, 0.1) is 13.8 Å². The molecular weight excluding hydrogens is 441 g/mol. The lowest BCUT2D eigenvalue weighted by molar-refractivity contribution is -0.115. The van der Waals surface area contributed by atoms with Crippen LogP contribution in [-0.4, -0.2) is 38.7 Å². The lowest BCUT2D eigenvalue weighted by atomic mass is 10.1. The number of benzene rings is 1. The van der Waals surface area contributed by atoms with Crippen LogP contribution in [0.15, 0.2) is 18.2 Å². The smallest absolute Gasteiger partial charge is 0.230 e. The first-order chi connectivity index (χ1) is 14.4. The number of carbonyl (C=O) groups is 1. The lowest BCUT2D eigenvalue weighted by Gasteiger charge is -2.23. The number of aryl methyl sites for hydroxylation is 1. The van der Waals surface area contributed by atoms with Gasteiger partial charge < -0.3 is 5.32 Å². The Balaban J connectivity index is 1.50. The molecule has 4 rings (SSSR count). The Bertz CT molecular complexity index is 1110. The van der Waals surface area contributed by atoms with Crippen LogP contribution in [0.1, 0.15) is 34.4 Å². The predicted molar refractivity (Wildman–Crippen MR) is 122 cm³/mol. The number of hydrogen-bond acceptors (Lipinski definition) is 5. The van der Waals surface area contributed by atoms with Crippen LogP contribution in [0.2, 0.25) is 10.0 Å². The van der Waals surface area contributed by atoms with Gasteiger partial charge in [0.2, 0.25) is 5.91 Å². The third-order valence-corrected chi connectivity index (χ3v) is 7.17. The molecule has 1 aliphatic rings. The van der Waals surface area contributed by atoms with E-state index in [2.05, 4.69) is 27.2 Å². The molecule has 30 heavy (non-hydrogen) atoms. The highest BCUT2D eigenvalue weighted by Gasteiger charge is 2.21. The van der Waals surface area contributed by atoms with E-state index in [1.807, 2.05) is 19.9 Å². The molecule has 1 aromatic carbocycles. The maximum Gasteiger partial charge on any atom is 0.230 e. The molecule has 0 fully saturated rings. The number of nitrogens with zero attached hydrogens (tertiary/aromatic N) is 4. The molecule has 0 bridgehead atoms. The number of fused-ring (bicyclic) bond motifs is 1. The molecule has 1 amide bonds. The van der Waals surface area contributed by atoms with Crippen molar-refractivity contribution < 1.29 is 4.79 Å². The molecule has 0 saturated carbocycles. The lowest BCUT2D eigenvalue weighted by Crippen LogP contribution is -2.29. The first kappa shape index (κ1) is 21.3. The van der Waals surface area contributed by atoms with Crippen LogP contribution < -0.4 is 5.32 Å². The van der Waals surface area contributed by atoms with Gasteiger partial charge in [0.05, 0.1) is 33.5 Å². The average molecular weight is 464 g/mol. The molecule has 158 valence electrons. The number of amides is 1. The van der Waals surface area contributed by atoms with Gasteiger partial charge in [-0.2, -0.15) is 5.10 Å². The minimum absolute atomic E-state index is 0.0895. The first-order valence-electron chi connectivity index (χ1n) is 9.87. The van der Waals surface area contributed by atoms with E-state index in [0.29, 0.717) is 15.2 Å². The van der Waals surface area contributed by atoms with Crippen molar-refractivity contribution in [2.75, 3.05) is 18.4 Å². The van der Waals surface area contributed by atoms with Gasteiger partial charge in [-0.1, -0.05) is 30.1 Å². The molecule has 6 nitrogen and oxygen atoms in total. The zero-order valence-corrected chi connectivity index (χ0v) is 19.5. The number of carbonyl (C=O) groups excluding carboxylic acids is 1. The molecule has 0 radical (unpaired) electrons. The summed E-state index contributed by atoms with van der Waals surface area (Å²) in [6, 6.07) is 5.37. The van der Waals surface area contributed by atoms with E-state index >= 15 is 0 Å². The number of hydrogen-bond donors (Lipinski definition) is 1. The fourth-order valence-corrected chi connectivity index (χ4v) is 5.05. The summed E-state index contributed by atoms with van der Waals surface area (Å²) in [4.78, 5) is 21.0. The molecule has 2 aromatic heterocycles. The van der Waals surface area contributed by atoms with Gasteiger partial charge in [-0.25, -0.2) is 9.67 Å². The number of likely N-dealkylation sites (N-methyl/N-ethyl adjacent to an activating group) is 1. The molecule has 1 N–H and O–H groups in total. The molecular formula is C21H23Cl2N5OS. The normalized spacial score (nSPS) is 14.0. The third kappa shape index (κ3) is 4.25. The predicted octanol–water partition coefficient (Wildman–Crippen LogP) is 4.81. The fraction of sp³-hybridized carbons (Fsp3) is 0.381. The molecule has 1 aliphatic heterocycles. The number of halogens is 2. The molecule has 0 aliphatic carbocycles. The zero-order chi connectivity index (χ0) is 21.4. The van der Waals surface area contributed by atoms with Crippen molar-refractivity contribution in [3.05, 3.63) is 55.8 Å². The van der Waals surface area contributed by atoms with Crippen molar-refractivity contribution in [1.82, 2.24) is 19.7 Å². The molecule has 3 aromatic rings. The summed E-state index contributed by atoms with van der Waals surface area (Å²) in [5.41, 5.74) is 4.53. The van der Waals surface area contributed by atoms with E-state index in [-0.39, 0.29) is 12.3 Å². The van der Waals surface area contributed by atoms with E-state index in [0.717, 1.165) is 54.4 Å². The van der Waals surface area contributed by atoms with Crippen LogP contribution in [0.5, 0.6) is 0 Å². The fourth-order valence-electron chi connectivity index (χ4n) is 3.69. The number of rotatable bonds is 5. The van der Waals surface area contributed by atoms with Crippen molar-refractivity contribution in [3.8, 4) is 5.69 Å². The van der Waals surface area contributed by atoms with Crippen LogP contribution in [0.25, 0.3) is 5.69 Å². The van der Waals surface area contributed by atoms with Gasteiger partial charge in [-0.3, -0.25) is 9.69 Å². The molecule has 0 unspecified atom stereocenters. The maximum absolute atomic E-state index is 12.7. The molecule has 0 atom stereocenters. The Morgan fingerprint density at radius 3 is 2.80 bits per heavy atom. The van der Waals surface area contributed by atoms with E-state index in [9.17, 15) is 4.79 Å². The summed E-state index contributed by atoms with van der Waals surface area (Å²) in [5, 5.41) is 9.21. The monoisotopic (exact) mass is 463 g/mol.